The van der Waals surface area contributed by atoms with E-state index < -0.39 is 15.9 Å². The predicted octanol–water partition coefficient (Wildman–Crippen LogP) is 4.10. The van der Waals surface area contributed by atoms with Gasteiger partial charge in [-0.15, -0.1) is 0 Å². The molecule has 0 unspecified atom stereocenters. The molecule has 0 aliphatic heterocycles. The molecule has 0 saturated carbocycles. The van der Waals surface area contributed by atoms with Crippen LogP contribution in [0.1, 0.15) is 5.56 Å². The average molecular weight is 474 g/mol. The number of anilines is 1. The van der Waals surface area contributed by atoms with Gasteiger partial charge in [0.2, 0.25) is 21.8 Å². The molecule has 8 nitrogen and oxygen atoms in total. The Hall–Kier alpha value is -3.40. The zero-order valence-electron chi connectivity index (χ0n) is 17.2. The van der Waals surface area contributed by atoms with Crippen molar-refractivity contribution >= 4 is 39.3 Å². The lowest BCUT2D eigenvalue weighted by Crippen LogP contribution is -2.19. The lowest BCUT2D eigenvalue weighted by Gasteiger charge is -2.09. The normalized spacial score (nSPS) is 11.3. The summed E-state index contributed by atoms with van der Waals surface area (Å²) in [7, 11) is -1.02. The Bertz CT molecular complexity index is 1230. The topological polar surface area (TPSA) is 107 Å². The van der Waals surface area contributed by atoms with Crippen LogP contribution in [0.2, 0.25) is 5.02 Å². The molecule has 10 heteroatoms. The number of pyridine rings is 1. The molecule has 2 N–H and O–H groups in total. The van der Waals surface area contributed by atoms with Gasteiger partial charge in [-0.25, -0.2) is 18.1 Å². The van der Waals surface area contributed by atoms with E-state index in [-0.39, 0.29) is 10.6 Å². The van der Waals surface area contributed by atoms with Gasteiger partial charge in [-0.2, -0.15) is 0 Å². The summed E-state index contributed by atoms with van der Waals surface area (Å²) in [6, 6.07) is 14.7. The van der Waals surface area contributed by atoms with Gasteiger partial charge in [0, 0.05) is 17.2 Å². The molecule has 1 amide bonds. The van der Waals surface area contributed by atoms with Gasteiger partial charge in [0.25, 0.3) is 0 Å². The summed E-state index contributed by atoms with van der Waals surface area (Å²) < 4.78 is 37.3. The summed E-state index contributed by atoms with van der Waals surface area (Å²) in [4.78, 5) is 16.4. The lowest BCUT2D eigenvalue weighted by molar-refractivity contribution is -0.111. The molecule has 0 atom stereocenters. The molecular formula is C22H20ClN3O5S. The van der Waals surface area contributed by atoms with Gasteiger partial charge in [-0.1, -0.05) is 17.7 Å². The highest BCUT2D eigenvalue weighted by atomic mass is 35.5. The number of rotatable bonds is 8. The fourth-order valence-electron chi connectivity index (χ4n) is 2.61. The summed E-state index contributed by atoms with van der Waals surface area (Å²) in [5.41, 5.74) is 0.982. The summed E-state index contributed by atoms with van der Waals surface area (Å²) in [5.74, 6) is 0.734. The minimum Gasteiger partial charge on any atom is -0.495 e. The maximum absolute atomic E-state index is 12.2. The van der Waals surface area contributed by atoms with Crippen LogP contribution in [-0.2, 0) is 14.8 Å². The Morgan fingerprint density at radius 3 is 2.47 bits per heavy atom. The third-order valence-electron chi connectivity index (χ3n) is 4.21. The molecule has 0 aliphatic rings. The zero-order chi connectivity index (χ0) is 23.1. The monoisotopic (exact) mass is 473 g/mol. The third-order valence-corrected chi connectivity index (χ3v) is 5.90. The van der Waals surface area contributed by atoms with Crippen molar-refractivity contribution in [3.05, 3.63) is 77.5 Å². The molecule has 0 fully saturated rings. The van der Waals surface area contributed by atoms with Crippen molar-refractivity contribution in [2.24, 2.45) is 0 Å². The number of aromatic nitrogens is 1. The molecule has 32 heavy (non-hydrogen) atoms. The van der Waals surface area contributed by atoms with E-state index in [4.69, 9.17) is 21.1 Å². The first-order chi connectivity index (χ1) is 15.3. The highest BCUT2D eigenvalue weighted by Gasteiger charge is 2.17. The second-order valence-electron chi connectivity index (χ2n) is 6.38. The van der Waals surface area contributed by atoms with E-state index in [1.54, 1.807) is 42.5 Å². The van der Waals surface area contributed by atoms with Gasteiger partial charge in [-0.3, -0.25) is 4.79 Å². The van der Waals surface area contributed by atoms with E-state index in [0.29, 0.717) is 27.9 Å². The van der Waals surface area contributed by atoms with Gasteiger partial charge in [0.15, 0.2) is 0 Å². The van der Waals surface area contributed by atoms with Crippen molar-refractivity contribution in [3.63, 3.8) is 0 Å². The highest BCUT2D eigenvalue weighted by Crippen LogP contribution is 2.25. The Kier molecular flexibility index (Phi) is 7.47. The van der Waals surface area contributed by atoms with E-state index >= 15 is 0 Å². The Labute approximate surface area is 190 Å². The molecule has 3 aromatic rings. The molecule has 0 spiro atoms. The van der Waals surface area contributed by atoms with Gasteiger partial charge < -0.3 is 14.8 Å². The number of amides is 1. The number of ether oxygens (including phenoxy) is 2. The van der Waals surface area contributed by atoms with Gasteiger partial charge in [0.1, 0.15) is 16.4 Å². The van der Waals surface area contributed by atoms with Crippen molar-refractivity contribution < 1.29 is 22.7 Å². The number of hydrogen-bond acceptors (Lipinski definition) is 6. The maximum Gasteiger partial charge on any atom is 0.248 e. The van der Waals surface area contributed by atoms with Gasteiger partial charge in [0.05, 0.1) is 19.0 Å². The number of hydrogen-bond donors (Lipinski definition) is 2. The number of carbonyl (C=O) groups is 1. The summed E-state index contributed by atoms with van der Waals surface area (Å²) in [6.45, 7) is 0. The molecule has 1 heterocycles. The van der Waals surface area contributed by atoms with Crippen molar-refractivity contribution in [2.75, 3.05) is 19.5 Å². The fraction of sp³-hybridized carbons (Fsp3) is 0.0909. The van der Waals surface area contributed by atoms with Gasteiger partial charge in [-0.05, 0) is 61.2 Å². The summed E-state index contributed by atoms with van der Waals surface area (Å²) in [5, 5.41) is 3.28. The van der Waals surface area contributed by atoms with E-state index in [9.17, 15) is 13.2 Å². The van der Waals surface area contributed by atoms with Crippen LogP contribution in [0.3, 0.4) is 0 Å². The van der Waals surface area contributed by atoms with Crippen molar-refractivity contribution in [1.82, 2.24) is 9.71 Å². The molecule has 1 aromatic heterocycles. The second-order valence-corrected chi connectivity index (χ2v) is 8.67. The average Bonchev–Trinajstić information content (AvgIpc) is 2.80. The molecule has 0 saturated heterocycles. The van der Waals surface area contributed by atoms with Crippen LogP contribution in [0, 0.1) is 0 Å². The molecule has 0 radical (unpaired) electrons. The number of methoxy groups -OCH3 is 1. The number of carbonyl (C=O) groups excluding carboxylic acids is 1. The van der Waals surface area contributed by atoms with Crippen LogP contribution >= 0.6 is 11.6 Å². The molecule has 2 aromatic carbocycles. The summed E-state index contributed by atoms with van der Waals surface area (Å²) >= 11 is 5.84. The third kappa shape index (κ3) is 6.07. The minimum atomic E-state index is -3.72. The SMILES string of the molecule is CNS(=O)(=O)c1cc(/C=C/C(=O)Nc2ccc(Oc3ccc(Cl)cc3)nc2)ccc1OC. The largest absolute Gasteiger partial charge is 0.495 e. The highest BCUT2D eigenvalue weighted by molar-refractivity contribution is 7.89. The number of nitrogens with zero attached hydrogens (tertiary/aromatic N) is 1. The first-order valence-corrected chi connectivity index (χ1v) is 11.2. The van der Waals surface area contributed by atoms with Crippen LogP contribution in [0.25, 0.3) is 6.08 Å². The van der Waals surface area contributed by atoms with Gasteiger partial charge >= 0.3 is 0 Å². The number of benzene rings is 2. The summed E-state index contributed by atoms with van der Waals surface area (Å²) in [6.07, 6.45) is 4.24. The smallest absolute Gasteiger partial charge is 0.248 e. The molecule has 166 valence electrons. The predicted molar refractivity (Wildman–Crippen MR) is 123 cm³/mol. The van der Waals surface area contributed by atoms with E-state index in [2.05, 4.69) is 15.0 Å². The second kappa shape index (κ2) is 10.3. The van der Waals surface area contributed by atoms with E-state index in [0.717, 1.165) is 0 Å². The fourth-order valence-corrected chi connectivity index (χ4v) is 3.66. The van der Waals surface area contributed by atoms with Crippen LogP contribution in [-0.4, -0.2) is 33.5 Å². The molecule has 0 bridgehead atoms. The van der Waals surface area contributed by atoms with Crippen LogP contribution in [0.15, 0.2) is 71.8 Å². The number of halogens is 1. The molecular weight excluding hydrogens is 454 g/mol. The van der Waals surface area contributed by atoms with Crippen LogP contribution in [0.4, 0.5) is 5.69 Å². The quantitative estimate of drug-likeness (QED) is 0.477. The standard InChI is InChI=1S/C22H20ClN3O5S/c1-24-32(28,29)20-13-15(3-10-19(20)30-2)4-11-21(27)26-17-7-12-22(25-14-17)31-18-8-5-16(23)6-9-18/h3-14,24H,1-2H3,(H,26,27)/b11-4+. The molecule has 0 aliphatic carbocycles. The lowest BCUT2D eigenvalue weighted by atomic mass is 10.2. The van der Waals surface area contributed by atoms with E-state index in [1.165, 1.54) is 44.6 Å². The number of nitrogens with one attached hydrogen (secondary N) is 2. The molecule has 3 rings (SSSR count). The first-order valence-electron chi connectivity index (χ1n) is 9.31. The van der Waals surface area contributed by atoms with Crippen molar-refractivity contribution in [1.29, 1.82) is 0 Å². The van der Waals surface area contributed by atoms with E-state index in [1.807, 2.05) is 0 Å². The Morgan fingerprint density at radius 2 is 1.84 bits per heavy atom. The minimum absolute atomic E-state index is 0.0227. The van der Waals surface area contributed by atoms with Crippen molar-refractivity contribution in [3.8, 4) is 17.4 Å². The number of sulfonamides is 1. The van der Waals surface area contributed by atoms with Crippen molar-refractivity contribution in [2.45, 2.75) is 4.90 Å². The first kappa shape index (κ1) is 23.3. The Balaban J connectivity index is 1.65. The zero-order valence-corrected chi connectivity index (χ0v) is 18.8. The van der Waals surface area contributed by atoms with Crippen LogP contribution < -0.4 is 19.5 Å². The van der Waals surface area contributed by atoms with Crippen LogP contribution in [0.5, 0.6) is 17.4 Å². The Morgan fingerprint density at radius 1 is 1.09 bits per heavy atom. The maximum atomic E-state index is 12.2.